The van der Waals surface area contributed by atoms with Crippen LogP contribution in [0.5, 0.6) is 0 Å². The van der Waals surface area contributed by atoms with Gasteiger partial charge in [-0.15, -0.1) is 0 Å². The Labute approximate surface area is 148 Å². The monoisotopic (exact) mass is 352 g/mol. The van der Waals surface area contributed by atoms with Gasteiger partial charge in [-0.2, -0.15) is 0 Å². The third-order valence-electron chi connectivity index (χ3n) is 4.26. The molecule has 2 amide bonds. The van der Waals surface area contributed by atoms with E-state index in [1.165, 1.54) is 0 Å². The summed E-state index contributed by atoms with van der Waals surface area (Å²) in [6.07, 6.45) is 2.45. The van der Waals surface area contributed by atoms with Crippen molar-refractivity contribution in [3.63, 3.8) is 0 Å². The summed E-state index contributed by atoms with van der Waals surface area (Å²) in [6, 6.07) is 6.78. The summed E-state index contributed by atoms with van der Waals surface area (Å²) >= 11 is 5.90. The van der Waals surface area contributed by atoms with Crippen LogP contribution in [0, 0.1) is 0 Å². The zero-order valence-electron chi connectivity index (χ0n) is 14.3. The molecular formula is C18H25ClN2O3. The van der Waals surface area contributed by atoms with Gasteiger partial charge in [-0.3, -0.25) is 9.59 Å². The van der Waals surface area contributed by atoms with E-state index in [0.717, 1.165) is 25.0 Å². The van der Waals surface area contributed by atoms with E-state index in [1.54, 1.807) is 30.9 Å². The Hall–Kier alpha value is -1.59. The van der Waals surface area contributed by atoms with Gasteiger partial charge in [0.05, 0.1) is 6.10 Å². The molecule has 0 aliphatic carbocycles. The van der Waals surface area contributed by atoms with Gasteiger partial charge in [-0.1, -0.05) is 30.7 Å². The number of rotatable bonds is 7. The van der Waals surface area contributed by atoms with Crippen molar-refractivity contribution < 1.29 is 14.3 Å². The minimum Gasteiger partial charge on any atom is -0.376 e. The molecule has 0 radical (unpaired) electrons. The van der Waals surface area contributed by atoms with Gasteiger partial charge in [0.25, 0.3) is 0 Å². The zero-order chi connectivity index (χ0) is 17.5. The van der Waals surface area contributed by atoms with Crippen molar-refractivity contribution >= 4 is 23.4 Å². The van der Waals surface area contributed by atoms with Gasteiger partial charge in [0.2, 0.25) is 11.8 Å². The van der Waals surface area contributed by atoms with Crippen LogP contribution in [0.25, 0.3) is 0 Å². The van der Waals surface area contributed by atoms with Crippen LogP contribution in [-0.4, -0.2) is 42.0 Å². The summed E-state index contributed by atoms with van der Waals surface area (Å²) in [5, 5.41) is 3.55. The Morgan fingerprint density at radius 1 is 1.38 bits per heavy atom. The Morgan fingerprint density at radius 3 is 2.67 bits per heavy atom. The van der Waals surface area contributed by atoms with Crippen LogP contribution in [0.3, 0.4) is 0 Å². The summed E-state index contributed by atoms with van der Waals surface area (Å²) in [5.41, 5.74) is 0.944. The maximum absolute atomic E-state index is 12.4. The Morgan fingerprint density at radius 2 is 2.08 bits per heavy atom. The number of ether oxygens (including phenoxy) is 1. The quantitative estimate of drug-likeness (QED) is 0.820. The summed E-state index contributed by atoms with van der Waals surface area (Å²) < 4.78 is 5.51. The lowest BCUT2D eigenvalue weighted by Crippen LogP contribution is -2.48. The topological polar surface area (TPSA) is 58.6 Å². The van der Waals surface area contributed by atoms with Crippen molar-refractivity contribution in [2.75, 3.05) is 13.2 Å². The molecule has 0 spiro atoms. The number of hydrogen-bond donors (Lipinski definition) is 1. The van der Waals surface area contributed by atoms with E-state index in [1.807, 2.05) is 12.1 Å². The molecular weight excluding hydrogens is 328 g/mol. The molecule has 1 aromatic rings. The van der Waals surface area contributed by atoms with Crippen molar-refractivity contribution in [3.8, 4) is 0 Å². The van der Waals surface area contributed by atoms with E-state index < -0.39 is 6.04 Å². The van der Waals surface area contributed by atoms with Gasteiger partial charge in [0.1, 0.15) is 6.04 Å². The Balaban J connectivity index is 1.98. The molecule has 24 heavy (non-hydrogen) atoms. The third-order valence-corrected chi connectivity index (χ3v) is 4.52. The van der Waals surface area contributed by atoms with Crippen LogP contribution < -0.4 is 5.32 Å². The second-order valence-electron chi connectivity index (χ2n) is 6.06. The number of carbonyl (C=O) groups excluding carboxylic acids is 2. The summed E-state index contributed by atoms with van der Waals surface area (Å²) in [7, 11) is 0. The standard InChI is InChI=1S/C18H25ClN2O3/c1-3-17(22)21(12-14-6-8-15(19)9-7-14)13(2)18(23)20-11-16-5-4-10-24-16/h6-9,13,16H,3-5,10-12H2,1-2H3,(H,20,23)/t13-,16+/m1/s1. The molecule has 5 nitrogen and oxygen atoms in total. The summed E-state index contributed by atoms with van der Waals surface area (Å²) in [4.78, 5) is 26.3. The number of nitrogens with zero attached hydrogens (tertiary/aromatic N) is 1. The van der Waals surface area contributed by atoms with E-state index in [4.69, 9.17) is 16.3 Å². The fourth-order valence-corrected chi connectivity index (χ4v) is 2.87. The average molecular weight is 353 g/mol. The van der Waals surface area contributed by atoms with Gasteiger partial charge in [0, 0.05) is 31.1 Å². The molecule has 1 heterocycles. The van der Waals surface area contributed by atoms with Crippen molar-refractivity contribution in [3.05, 3.63) is 34.9 Å². The average Bonchev–Trinajstić information content (AvgIpc) is 3.11. The molecule has 1 saturated heterocycles. The first kappa shape index (κ1) is 18.7. The fraction of sp³-hybridized carbons (Fsp3) is 0.556. The largest absolute Gasteiger partial charge is 0.376 e. The fourth-order valence-electron chi connectivity index (χ4n) is 2.74. The van der Waals surface area contributed by atoms with Gasteiger partial charge >= 0.3 is 0 Å². The van der Waals surface area contributed by atoms with Crippen molar-refractivity contribution in [2.45, 2.75) is 51.8 Å². The van der Waals surface area contributed by atoms with E-state index in [0.29, 0.717) is 24.5 Å². The highest BCUT2D eigenvalue weighted by Gasteiger charge is 2.26. The van der Waals surface area contributed by atoms with Gasteiger partial charge in [-0.05, 0) is 37.5 Å². The van der Waals surface area contributed by atoms with Crippen molar-refractivity contribution in [1.82, 2.24) is 10.2 Å². The van der Waals surface area contributed by atoms with E-state index in [9.17, 15) is 9.59 Å². The number of benzene rings is 1. The zero-order valence-corrected chi connectivity index (χ0v) is 15.0. The molecule has 1 fully saturated rings. The van der Waals surface area contributed by atoms with E-state index in [-0.39, 0.29) is 17.9 Å². The first-order valence-electron chi connectivity index (χ1n) is 8.44. The first-order valence-corrected chi connectivity index (χ1v) is 8.82. The number of hydrogen-bond acceptors (Lipinski definition) is 3. The molecule has 1 N–H and O–H groups in total. The first-order chi connectivity index (χ1) is 11.5. The van der Waals surface area contributed by atoms with Gasteiger partial charge in [-0.25, -0.2) is 0 Å². The highest BCUT2D eigenvalue weighted by Crippen LogP contribution is 2.15. The van der Waals surface area contributed by atoms with Crippen LogP contribution in [-0.2, 0) is 20.9 Å². The molecule has 2 atom stereocenters. The minimum atomic E-state index is -0.533. The lowest BCUT2D eigenvalue weighted by Gasteiger charge is -2.28. The Kier molecular flexibility index (Phi) is 7.06. The van der Waals surface area contributed by atoms with Crippen molar-refractivity contribution in [1.29, 1.82) is 0 Å². The minimum absolute atomic E-state index is 0.0512. The molecule has 1 aromatic carbocycles. The second kappa shape index (κ2) is 9.04. The molecule has 132 valence electrons. The predicted molar refractivity (Wildman–Crippen MR) is 93.7 cm³/mol. The highest BCUT2D eigenvalue weighted by molar-refractivity contribution is 6.30. The normalized spacial score (nSPS) is 18.2. The van der Waals surface area contributed by atoms with E-state index >= 15 is 0 Å². The molecule has 0 unspecified atom stereocenters. The molecule has 0 saturated carbocycles. The number of carbonyl (C=O) groups is 2. The van der Waals surface area contributed by atoms with Crippen LogP contribution in [0.4, 0.5) is 0 Å². The third kappa shape index (κ3) is 5.21. The van der Waals surface area contributed by atoms with Gasteiger partial charge in [0.15, 0.2) is 0 Å². The Bertz CT molecular complexity index is 556. The maximum atomic E-state index is 12.4. The number of amides is 2. The van der Waals surface area contributed by atoms with Crippen molar-refractivity contribution in [2.24, 2.45) is 0 Å². The van der Waals surface area contributed by atoms with Crippen LogP contribution in [0.2, 0.25) is 5.02 Å². The smallest absolute Gasteiger partial charge is 0.242 e. The molecule has 2 rings (SSSR count). The lowest BCUT2D eigenvalue weighted by molar-refractivity contribution is -0.140. The molecule has 6 heteroatoms. The van der Waals surface area contributed by atoms with Crippen LogP contribution in [0.15, 0.2) is 24.3 Å². The van der Waals surface area contributed by atoms with E-state index in [2.05, 4.69) is 5.32 Å². The summed E-state index contributed by atoms with van der Waals surface area (Å²) in [6.45, 7) is 5.20. The second-order valence-corrected chi connectivity index (χ2v) is 6.49. The van der Waals surface area contributed by atoms with Crippen LogP contribution >= 0.6 is 11.6 Å². The summed E-state index contributed by atoms with van der Waals surface area (Å²) in [5.74, 6) is -0.203. The van der Waals surface area contributed by atoms with Crippen LogP contribution in [0.1, 0.15) is 38.7 Å². The number of nitrogens with one attached hydrogen (secondary N) is 1. The predicted octanol–water partition coefficient (Wildman–Crippen LogP) is 2.76. The molecule has 0 aromatic heterocycles. The molecule has 0 bridgehead atoms. The van der Waals surface area contributed by atoms with Gasteiger partial charge < -0.3 is 15.0 Å². The molecule has 1 aliphatic rings. The highest BCUT2D eigenvalue weighted by atomic mass is 35.5. The SMILES string of the molecule is CCC(=O)N(Cc1ccc(Cl)cc1)[C@H](C)C(=O)NC[C@@H]1CCCO1. The molecule has 1 aliphatic heterocycles. The number of halogens is 1. The lowest BCUT2D eigenvalue weighted by atomic mass is 10.1. The maximum Gasteiger partial charge on any atom is 0.242 e.